The van der Waals surface area contributed by atoms with Gasteiger partial charge in [0, 0.05) is 34.9 Å². The fourth-order valence-corrected chi connectivity index (χ4v) is 4.48. The average molecular weight is 490 g/mol. The number of carbonyl (C=O) groups is 3. The summed E-state index contributed by atoms with van der Waals surface area (Å²) in [6.45, 7) is 4.15. The Morgan fingerprint density at radius 3 is 2.40 bits per heavy atom. The highest BCUT2D eigenvalue weighted by atomic mass is 32.2. The Kier molecular flexibility index (Phi) is 8.18. The molecule has 0 bridgehead atoms. The van der Waals surface area contributed by atoms with E-state index in [-0.39, 0.29) is 23.5 Å². The molecule has 3 aromatic rings. The minimum Gasteiger partial charge on any atom is -0.378 e. The number of hydrogen-bond donors (Lipinski definition) is 2. The molecule has 8 heteroatoms. The number of carbonyl (C=O) groups excluding carboxylic acids is 3. The predicted molar refractivity (Wildman–Crippen MR) is 138 cm³/mol. The molecule has 0 aromatic heterocycles. The number of morpholine rings is 1. The van der Waals surface area contributed by atoms with Gasteiger partial charge in [0.2, 0.25) is 5.91 Å². The summed E-state index contributed by atoms with van der Waals surface area (Å²) in [5.41, 5.74) is 3.36. The number of ether oxygens (including phenoxy) is 1. The minimum atomic E-state index is -0.303. The molecule has 4 rings (SSSR count). The molecule has 0 spiro atoms. The summed E-state index contributed by atoms with van der Waals surface area (Å²) in [6.07, 6.45) is 0. The van der Waals surface area contributed by atoms with E-state index < -0.39 is 0 Å². The smallest absolute Gasteiger partial charge is 0.256 e. The molecule has 3 aromatic carbocycles. The SMILES string of the molecule is Cc1ccc(NC(=O)CSc2ccccc2C(=O)Nc2cccc(C(=O)N3CCOCC3)c2)cc1. The van der Waals surface area contributed by atoms with Crippen LogP contribution in [0.3, 0.4) is 0 Å². The highest BCUT2D eigenvalue weighted by Crippen LogP contribution is 2.24. The van der Waals surface area contributed by atoms with Gasteiger partial charge < -0.3 is 20.3 Å². The maximum absolute atomic E-state index is 13.0. The molecule has 0 radical (unpaired) electrons. The van der Waals surface area contributed by atoms with Crippen LogP contribution in [0.1, 0.15) is 26.3 Å². The van der Waals surface area contributed by atoms with Crippen molar-refractivity contribution in [2.75, 3.05) is 42.7 Å². The molecule has 180 valence electrons. The van der Waals surface area contributed by atoms with Gasteiger partial charge in [-0.1, -0.05) is 35.9 Å². The summed E-state index contributed by atoms with van der Waals surface area (Å²) < 4.78 is 5.31. The molecule has 0 unspecified atom stereocenters. The van der Waals surface area contributed by atoms with Crippen molar-refractivity contribution in [1.29, 1.82) is 0 Å². The Labute approximate surface area is 208 Å². The summed E-state index contributed by atoms with van der Waals surface area (Å²) in [7, 11) is 0. The molecule has 0 saturated carbocycles. The lowest BCUT2D eigenvalue weighted by molar-refractivity contribution is -0.113. The van der Waals surface area contributed by atoms with Crippen LogP contribution in [0.2, 0.25) is 0 Å². The molecular formula is C27H27N3O4S. The van der Waals surface area contributed by atoms with E-state index in [2.05, 4.69) is 10.6 Å². The zero-order valence-electron chi connectivity index (χ0n) is 19.5. The predicted octanol–water partition coefficient (Wildman–Crippen LogP) is 4.45. The number of hydrogen-bond acceptors (Lipinski definition) is 5. The third-order valence-corrected chi connectivity index (χ3v) is 6.56. The van der Waals surface area contributed by atoms with Crippen molar-refractivity contribution >= 4 is 40.9 Å². The monoisotopic (exact) mass is 489 g/mol. The van der Waals surface area contributed by atoms with Gasteiger partial charge in [-0.25, -0.2) is 0 Å². The number of amides is 3. The van der Waals surface area contributed by atoms with E-state index in [0.717, 1.165) is 11.3 Å². The van der Waals surface area contributed by atoms with Gasteiger partial charge in [0.1, 0.15) is 0 Å². The van der Waals surface area contributed by atoms with Gasteiger partial charge in [0.05, 0.1) is 24.5 Å². The van der Waals surface area contributed by atoms with Crippen molar-refractivity contribution in [3.8, 4) is 0 Å². The van der Waals surface area contributed by atoms with Crippen LogP contribution in [0.25, 0.3) is 0 Å². The Morgan fingerprint density at radius 1 is 0.886 bits per heavy atom. The summed E-state index contributed by atoms with van der Waals surface area (Å²) in [5, 5.41) is 5.75. The molecule has 1 heterocycles. The van der Waals surface area contributed by atoms with Gasteiger partial charge in [0.25, 0.3) is 11.8 Å². The lowest BCUT2D eigenvalue weighted by atomic mass is 10.1. The standard InChI is InChI=1S/C27H27N3O4S/c1-19-9-11-21(12-10-19)28-25(31)18-35-24-8-3-2-7-23(24)26(32)29-22-6-4-5-20(17-22)27(33)30-13-15-34-16-14-30/h2-12,17H,13-16,18H2,1H3,(H,28,31)(H,29,32). The highest BCUT2D eigenvalue weighted by Gasteiger charge is 2.19. The Hall–Kier alpha value is -3.62. The molecule has 0 aliphatic carbocycles. The van der Waals surface area contributed by atoms with Gasteiger partial charge in [0.15, 0.2) is 0 Å². The third kappa shape index (κ3) is 6.71. The first-order valence-corrected chi connectivity index (χ1v) is 12.3. The number of aryl methyl sites for hydroxylation is 1. The summed E-state index contributed by atoms with van der Waals surface area (Å²) in [6, 6.07) is 21.7. The van der Waals surface area contributed by atoms with Crippen LogP contribution in [0.4, 0.5) is 11.4 Å². The summed E-state index contributed by atoms with van der Waals surface area (Å²) in [5.74, 6) is -0.367. The van der Waals surface area contributed by atoms with Crippen LogP contribution in [0.15, 0.2) is 77.7 Å². The molecule has 35 heavy (non-hydrogen) atoms. The highest BCUT2D eigenvalue weighted by molar-refractivity contribution is 8.00. The minimum absolute atomic E-state index is 0.0834. The van der Waals surface area contributed by atoms with Crippen molar-refractivity contribution in [2.45, 2.75) is 11.8 Å². The van der Waals surface area contributed by atoms with Crippen LogP contribution >= 0.6 is 11.8 Å². The Morgan fingerprint density at radius 2 is 1.63 bits per heavy atom. The van der Waals surface area contributed by atoms with Gasteiger partial charge in [-0.3, -0.25) is 14.4 Å². The van der Waals surface area contributed by atoms with E-state index in [9.17, 15) is 14.4 Å². The van der Waals surface area contributed by atoms with E-state index >= 15 is 0 Å². The maximum atomic E-state index is 13.0. The van der Waals surface area contributed by atoms with Gasteiger partial charge in [-0.05, 0) is 49.4 Å². The second-order valence-electron chi connectivity index (χ2n) is 8.14. The summed E-state index contributed by atoms with van der Waals surface area (Å²) >= 11 is 1.30. The van der Waals surface area contributed by atoms with E-state index in [1.807, 2.05) is 43.3 Å². The first-order valence-electron chi connectivity index (χ1n) is 11.4. The molecule has 1 aliphatic rings. The summed E-state index contributed by atoms with van der Waals surface area (Å²) in [4.78, 5) is 40.7. The van der Waals surface area contributed by atoms with E-state index in [1.54, 1.807) is 41.3 Å². The fourth-order valence-electron chi connectivity index (χ4n) is 3.63. The second kappa shape index (κ2) is 11.7. The van der Waals surface area contributed by atoms with Crippen molar-refractivity contribution in [1.82, 2.24) is 4.90 Å². The van der Waals surface area contributed by atoms with Crippen LogP contribution in [-0.2, 0) is 9.53 Å². The van der Waals surface area contributed by atoms with Crippen LogP contribution < -0.4 is 10.6 Å². The number of nitrogens with one attached hydrogen (secondary N) is 2. The number of thioether (sulfide) groups is 1. The number of rotatable bonds is 7. The lowest BCUT2D eigenvalue weighted by Gasteiger charge is -2.27. The molecule has 3 amide bonds. The van der Waals surface area contributed by atoms with E-state index in [0.29, 0.717) is 48.0 Å². The van der Waals surface area contributed by atoms with Gasteiger partial charge >= 0.3 is 0 Å². The van der Waals surface area contributed by atoms with E-state index in [4.69, 9.17) is 4.74 Å². The number of nitrogens with zero attached hydrogens (tertiary/aromatic N) is 1. The van der Waals surface area contributed by atoms with Gasteiger partial charge in [-0.2, -0.15) is 0 Å². The quantitative estimate of drug-likeness (QED) is 0.479. The molecule has 1 aliphatic heterocycles. The number of anilines is 2. The topological polar surface area (TPSA) is 87.7 Å². The zero-order valence-corrected chi connectivity index (χ0v) is 20.3. The molecular weight excluding hydrogens is 462 g/mol. The van der Waals surface area contributed by atoms with Crippen LogP contribution in [0, 0.1) is 6.92 Å². The Balaban J connectivity index is 1.39. The molecule has 0 atom stereocenters. The van der Waals surface area contributed by atoms with Crippen LogP contribution in [0.5, 0.6) is 0 Å². The van der Waals surface area contributed by atoms with Crippen molar-refractivity contribution in [3.05, 3.63) is 89.5 Å². The largest absolute Gasteiger partial charge is 0.378 e. The second-order valence-corrected chi connectivity index (χ2v) is 9.16. The number of benzene rings is 3. The van der Waals surface area contributed by atoms with E-state index in [1.165, 1.54) is 11.8 Å². The fraction of sp³-hybridized carbons (Fsp3) is 0.222. The van der Waals surface area contributed by atoms with Crippen LogP contribution in [-0.4, -0.2) is 54.7 Å². The first kappa shape index (κ1) is 24.5. The van der Waals surface area contributed by atoms with Crippen molar-refractivity contribution in [2.24, 2.45) is 0 Å². The molecule has 7 nitrogen and oxygen atoms in total. The normalized spacial score (nSPS) is 13.2. The van der Waals surface area contributed by atoms with Crippen molar-refractivity contribution in [3.63, 3.8) is 0 Å². The average Bonchev–Trinajstić information content (AvgIpc) is 2.89. The lowest BCUT2D eigenvalue weighted by Crippen LogP contribution is -2.40. The molecule has 1 fully saturated rings. The Bertz CT molecular complexity index is 1210. The zero-order chi connectivity index (χ0) is 24.6. The first-order chi connectivity index (χ1) is 17.0. The van der Waals surface area contributed by atoms with Crippen molar-refractivity contribution < 1.29 is 19.1 Å². The third-order valence-electron chi connectivity index (χ3n) is 5.49. The van der Waals surface area contributed by atoms with Gasteiger partial charge in [-0.15, -0.1) is 11.8 Å². The molecule has 2 N–H and O–H groups in total. The molecule has 1 saturated heterocycles. The maximum Gasteiger partial charge on any atom is 0.256 e.